The van der Waals surface area contributed by atoms with Gasteiger partial charge in [0, 0.05) is 19.4 Å². The molecule has 6 heteroatoms. The summed E-state index contributed by atoms with van der Waals surface area (Å²) in [5.41, 5.74) is 0.474. The fourth-order valence-corrected chi connectivity index (χ4v) is 4.18. The molecule has 0 aliphatic rings. The molecule has 1 atom stereocenters. The van der Waals surface area contributed by atoms with Crippen molar-refractivity contribution in [3.8, 4) is 0 Å². The Balaban J connectivity index is 2.42. The van der Waals surface area contributed by atoms with Crippen molar-refractivity contribution < 1.29 is 4.39 Å². The largest absolute Gasteiger partial charge is 0.207 e. The quantitative estimate of drug-likeness (QED) is 0.446. The van der Waals surface area contributed by atoms with Crippen molar-refractivity contribution in [2.45, 2.75) is 5.38 Å². The number of halogens is 5. The van der Waals surface area contributed by atoms with Gasteiger partial charge in [-0.2, -0.15) is 0 Å². The fraction of sp³-hybridized carbons (Fsp3) is 0.0909. The number of thiophene rings is 1. The Hall–Kier alpha value is 0.580. The molecule has 0 saturated heterocycles. The van der Waals surface area contributed by atoms with Crippen LogP contribution in [0, 0.1) is 5.82 Å². The first-order chi connectivity index (χ1) is 7.99. The van der Waals surface area contributed by atoms with Gasteiger partial charge in [-0.05, 0) is 56.1 Å². The summed E-state index contributed by atoms with van der Waals surface area (Å²) in [7, 11) is 0. The van der Waals surface area contributed by atoms with Gasteiger partial charge in [-0.3, -0.25) is 0 Å². The van der Waals surface area contributed by atoms with Gasteiger partial charge >= 0.3 is 0 Å². The summed E-state index contributed by atoms with van der Waals surface area (Å²) in [5, 5.41) is -0.486. The van der Waals surface area contributed by atoms with E-state index in [0.29, 0.717) is 5.56 Å². The van der Waals surface area contributed by atoms with E-state index in [2.05, 4.69) is 47.8 Å². The second-order valence-corrected chi connectivity index (χ2v) is 7.91. The zero-order valence-electron chi connectivity index (χ0n) is 8.18. The second-order valence-electron chi connectivity index (χ2n) is 3.30. The molecule has 0 nitrogen and oxygen atoms in total. The highest BCUT2D eigenvalue weighted by Crippen LogP contribution is 2.41. The van der Waals surface area contributed by atoms with Crippen LogP contribution in [0.25, 0.3) is 0 Å². The minimum Gasteiger partial charge on any atom is -0.207 e. The molecular formula is C11H5Br3ClFS. The van der Waals surface area contributed by atoms with Crippen LogP contribution in [0.1, 0.15) is 15.8 Å². The lowest BCUT2D eigenvalue weighted by Crippen LogP contribution is -1.94. The molecule has 0 aliphatic carbocycles. The van der Waals surface area contributed by atoms with Crippen LogP contribution in [-0.2, 0) is 0 Å². The van der Waals surface area contributed by atoms with E-state index in [1.165, 1.54) is 17.4 Å². The van der Waals surface area contributed by atoms with Crippen molar-refractivity contribution in [1.82, 2.24) is 0 Å². The summed E-state index contributed by atoms with van der Waals surface area (Å²) in [6.45, 7) is 0. The molecule has 2 aromatic rings. The molecule has 0 N–H and O–H groups in total. The van der Waals surface area contributed by atoms with Crippen molar-refractivity contribution in [3.05, 3.63) is 53.3 Å². The van der Waals surface area contributed by atoms with Gasteiger partial charge in [-0.15, -0.1) is 22.9 Å². The van der Waals surface area contributed by atoms with E-state index in [1.807, 2.05) is 6.07 Å². The minimum atomic E-state index is -0.486. The predicted octanol–water partition coefficient (Wildman–Crippen LogP) is 6.50. The zero-order chi connectivity index (χ0) is 12.6. The molecule has 90 valence electrons. The van der Waals surface area contributed by atoms with Crippen molar-refractivity contribution in [2.24, 2.45) is 0 Å². The van der Waals surface area contributed by atoms with Gasteiger partial charge in [0.2, 0.25) is 0 Å². The standard InChI is InChI=1S/C11H5Br3ClFS/c12-5-1-2-8(16)6(3-5)10(15)9-4-7(13)11(14)17-9/h1-4,10H. The van der Waals surface area contributed by atoms with E-state index in [0.717, 1.165) is 17.6 Å². The first-order valence-corrected chi connectivity index (χ1v) is 8.16. The van der Waals surface area contributed by atoms with Crippen LogP contribution in [0.2, 0.25) is 0 Å². The Labute approximate surface area is 133 Å². The van der Waals surface area contributed by atoms with Gasteiger partial charge in [0.25, 0.3) is 0 Å². The van der Waals surface area contributed by atoms with E-state index in [4.69, 9.17) is 11.6 Å². The molecule has 1 aromatic heterocycles. The highest BCUT2D eigenvalue weighted by molar-refractivity contribution is 9.13. The third-order valence-electron chi connectivity index (χ3n) is 2.15. The van der Waals surface area contributed by atoms with E-state index in [1.54, 1.807) is 12.1 Å². The number of hydrogen-bond donors (Lipinski definition) is 0. The minimum absolute atomic E-state index is 0.297. The van der Waals surface area contributed by atoms with E-state index < -0.39 is 5.38 Å². The average Bonchev–Trinajstić information content (AvgIpc) is 2.62. The predicted molar refractivity (Wildman–Crippen MR) is 81.5 cm³/mol. The number of benzene rings is 1. The van der Waals surface area contributed by atoms with Crippen LogP contribution in [0.4, 0.5) is 4.39 Å². The van der Waals surface area contributed by atoms with Crippen LogP contribution in [-0.4, -0.2) is 0 Å². The lowest BCUT2D eigenvalue weighted by Gasteiger charge is -2.09. The summed E-state index contributed by atoms with van der Waals surface area (Å²) in [4.78, 5) is 0.891. The summed E-state index contributed by atoms with van der Waals surface area (Å²) in [6, 6.07) is 6.66. The van der Waals surface area contributed by atoms with E-state index in [-0.39, 0.29) is 5.82 Å². The third kappa shape index (κ3) is 3.13. The molecule has 0 saturated carbocycles. The summed E-state index contributed by atoms with van der Waals surface area (Å²) < 4.78 is 16.4. The van der Waals surface area contributed by atoms with E-state index >= 15 is 0 Å². The van der Waals surface area contributed by atoms with Crippen LogP contribution < -0.4 is 0 Å². The molecule has 1 unspecified atom stereocenters. The van der Waals surface area contributed by atoms with Crippen LogP contribution >= 0.6 is 70.7 Å². The Kier molecular flexibility index (Phi) is 4.69. The number of hydrogen-bond acceptors (Lipinski definition) is 1. The summed E-state index contributed by atoms with van der Waals surface area (Å²) in [5.74, 6) is -0.297. The number of alkyl halides is 1. The molecule has 1 heterocycles. The molecule has 0 bridgehead atoms. The molecule has 0 fully saturated rings. The summed E-state index contributed by atoms with van der Waals surface area (Å²) in [6.07, 6.45) is 0. The first kappa shape index (κ1) is 14.0. The molecular weight excluding hydrogens is 458 g/mol. The van der Waals surface area contributed by atoms with Gasteiger partial charge in [0.05, 0.1) is 9.16 Å². The van der Waals surface area contributed by atoms with Crippen molar-refractivity contribution >= 4 is 70.7 Å². The maximum atomic E-state index is 13.7. The number of rotatable bonds is 2. The normalized spacial score (nSPS) is 12.8. The molecule has 1 aromatic carbocycles. The van der Waals surface area contributed by atoms with Crippen LogP contribution in [0.3, 0.4) is 0 Å². The third-order valence-corrected chi connectivity index (χ3v) is 6.56. The summed E-state index contributed by atoms with van der Waals surface area (Å²) >= 11 is 17.9. The maximum absolute atomic E-state index is 13.7. The second kappa shape index (κ2) is 5.70. The van der Waals surface area contributed by atoms with Gasteiger partial charge < -0.3 is 0 Å². The van der Waals surface area contributed by atoms with E-state index in [9.17, 15) is 4.39 Å². The van der Waals surface area contributed by atoms with Gasteiger partial charge in [-0.25, -0.2) is 4.39 Å². The van der Waals surface area contributed by atoms with Crippen LogP contribution in [0.15, 0.2) is 37.0 Å². The molecule has 0 spiro atoms. The van der Waals surface area contributed by atoms with Crippen molar-refractivity contribution in [3.63, 3.8) is 0 Å². The van der Waals surface area contributed by atoms with Crippen molar-refractivity contribution in [2.75, 3.05) is 0 Å². The average molecular weight is 463 g/mol. The fourth-order valence-electron chi connectivity index (χ4n) is 1.35. The smallest absolute Gasteiger partial charge is 0.128 e. The Morgan fingerprint density at radius 3 is 2.47 bits per heavy atom. The highest BCUT2D eigenvalue weighted by Gasteiger charge is 2.19. The molecule has 17 heavy (non-hydrogen) atoms. The Morgan fingerprint density at radius 2 is 1.88 bits per heavy atom. The highest BCUT2D eigenvalue weighted by atomic mass is 79.9. The lowest BCUT2D eigenvalue weighted by molar-refractivity contribution is 0.612. The molecule has 0 aliphatic heterocycles. The first-order valence-electron chi connectivity index (χ1n) is 4.53. The Morgan fingerprint density at radius 1 is 1.18 bits per heavy atom. The maximum Gasteiger partial charge on any atom is 0.128 e. The topological polar surface area (TPSA) is 0 Å². The molecule has 0 amide bonds. The molecule has 0 radical (unpaired) electrons. The lowest BCUT2D eigenvalue weighted by atomic mass is 10.1. The van der Waals surface area contributed by atoms with Gasteiger partial charge in [-0.1, -0.05) is 15.9 Å². The monoisotopic (exact) mass is 460 g/mol. The Bertz CT molecular complexity index is 536. The van der Waals surface area contributed by atoms with Crippen LogP contribution in [0.5, 0.6) is 0 Å². The SMILES string of the molecule is Fc1ccc(Br)cc1C(Cl)c1cc(Br)c(Br)s1. The molecule has 2 rings (SSSR count). The van der Waals surface area contributed by atoms with Gasteiger partial charge in [0.1, 0.15) is 5.82 Å². The van der Waals surface area contributed by atoms with Crippen molar-refractivity contribution in [1.29, 1.82) is 0 Å². The zero-order valence-corrected chi connectivity index (χ0v) is 14.5. The van der Waals surface area contributed by atoms with Gasteiger partial charge in [0.15, 0.2) is 0 Å².